The molecule has 0 aromatic heterocycles. The maximum absolute atomic E-state index is 12.1. The monoisotopic (exact) mass is 388 g/mol. The van der Waals surface area contributed by atoms with Crippen LogP contribution in [0.3, 0.4) is 0 Å². The fraction of sp³-hybridized carbons (Fsp3) is 0.636. The molecule has 3 amide bonds. The molecule has 0 spiro atoms. The van der Waals surface area contributed by atoms with Crippen LogP contribution in [0.2, 0.25) is 0 Å². The van der Waals surface area contributed by atoms with Crippen LogP contribution in [-0.2, 0) is 17.9 Å². The molecule has 0 bridgehead atoms. The summed E-state index contributed by atoms with van der Waals surface area (Å²) >= 11 is 0. The van der Waals surface area contributed by atoms with E-state index in [2.05, 4.69) is 46.8 Å². The highest BCUT2D eigenvalue weighted by Gasteiger charge is 2.15. The summed E-state index contributed by atoms with van der Waals surface area (Å²) in [7, 11) is 0. The van der Waals surface area contributed by atoms with Crippen molar-refractivity contribution in [3.63, 3.8) is 0 Å². The SMILES string of the molecule is CCN(CC)Cc1ccccc1CNC(=O)CCNC(=O)NC1CCCCC1. The lowest BCUT2D eigenvalue weighted by molar-refractivity contribution is -0.121. The van der Waals surface area contributed by atoms with Crippen LogP contribution in [0.5, 0.6) is 0 Å². The third kappa shape index (κ3) is 7.89. The highest BCUT2D eigenvalue weighted by Crippen LogP contribution is 2.17. The topological polar surface area (TPSA) is 73.5 Å². The van der Waals surface area contributed by atoms with Crippen LogP contribution in [-0.4, -0.2) is 42.5 Å². The van der Waals surface area contributed by atoms with E-state index in [1.807, 2.05) is 12.1 Å². The van der Waals surface area contributed by atoms with Gasteiger partial charge in [0.15, 0.2) is 0 Å². The Labute approximate surface area is 169 Å². The average Bonchev–Trinajstić information content (AvgIpc) is 2.72. The molecule has 1 fully saturated rings. The summed E-state index contributed by atoms with van der Waals surface area (Å²) in [5.41, 5.74) is 2.39. The zero-order valence-corrected chi connectivity index (χ0v) is 17.4. The number of urea groups is 1. The molecule has 1 aliphatic carbocycles. The van der Waals surface area contributed by atoms with Crippen LogP contribution in [0, 0.1) is 0 Å². The quantitative estimate of drug-likeness (QED) is 0.576. The van der Waals surface area contributed by atoms with Crippen molar-refractivity contribution in [2.24, 2.45) is 0 Å². The molecule has 6 nitrogen and oxygen atoms in total. The van der Waals surface area contributed by atoms with Gasteiger partial charge in [-0.25, -0.2) is 4.79 Å². The van der Waals surface area contributed by atoms with E-state index in [4.69, 9.17) is 0 Å². The second-order valence-corrected chi connectivity index (χ2v) is 7.49. The Balaban J connectivity index is 1.68. The molecular weight excluding hydrogens is 352 g/mol. The third-order valence-corrected chi connectivity index (χ3v) is 5.46. The Morgan fingerprint density at radius 3 is 2.36 bits per heavy atom. The largest absolute Gasteiger partial charge is 0.352 e. The summed E-state index contributed by atoms with van der Waals surface area (Å²) in [6.07, 6.45) is 6.03. The minimum atomic E-state index is -0.163. The van der Waals surface area contributed by atoms with Crippen molar-refractivity contribution in [2.75, 3.05) is 19.6 Å². The molecule has 3 N–H and O–H groups in total. The van der Waals surface area contributed by atoms with Crippen molar-refractivity contribution in [3.8, 4) is 0 Å². The lowest BCUT2D eigenvalue weighted by atomic mass is 9.96. The number of hydrogen-bond acceptors (Lipinski definition) is 3. The zero-order chi connectivity index (χ0) is 20.2. The van der Waals surface area contributed by atoms with Gasteiger partial charge in [-0.3, -0.25) is 9.69 Å². The summed E-state index contributed by atoms with van der Waals surface area (Å²) in [4.78, 5) is 26.4. The lowest BCUT2D eigenvalue weighted by Crippen LogP contribution is -2.43. The molecule has 0 radical (unpaired) electrons. The molecule has 0 heterocycles. The molecule has 1 saturated carbocycles. The average molecular weight is 389 g/mol. The van der Waals surface area contributed by atoms with Crippen molar-refractivity contribution in [1.29, 1.82) is 0 Å². The zero-order valence-electron chi connectivity index (χ0n) is 17.4. The van der Waals surface area contributed by atoms with E-state index in [9.17, 15) is 9.59 Å². The number of carbonyl (C=O) groups excluding carboxylic acids is 2. The molecule has 0 aliphatic heterocycles. The first-order chi connectivity index (χ1) is 13.6. The molecule has 0 saturated heterocycles. The summed E-state index contributed by atoms with van der Waals surface area (Å²) in [6, 6.07) is 8.35. The summed E-state index contributed by atoms with van der Waals surface area (Å²) in [6.45, 7) is 8.09. The predicted molar refractivity (Wildman–Crippen MR) is 113 cm³/mol. The fourth-order valence-corrected chi connectivity index (χ4v) is 3.63. The third-order valence-electron chi connectivity index (χ3n) is 5.46. The summed E-state index contributed by atoms with van der Waals surface area (Å²) in [5, 5.41) is 8.77. The van der Waals surface area contributed by atoms with Crippen molar-refractivity contribution in [3.05, 3.63) is 35.4 Å². The van der Waals surface area contributed by atoms with Gasteiger partial charge in [0.25, 0.3) is 0 Å². The second-order valence-electron chi connectivity index (χ2n) is 7.49. The van der Waals surface area contributed by atoms with Gasteiger partial charge in [-0.05, 0) is 37.1 Å². The van der Waals surface area contributed by atoms with E-state index < -0.39 is 0 Å². The van der Waals surface area contributed by atoms with Crippen LogP contribution in [0.1, 0.15) is 63.5 Å². The number of hydrogen-bond donors (Lipinski definition) is 3. The van der Waals surface area contributed by atoms with Gasteiger partial charge in [-0.2, -0.15) is 0 Å². The highest BCUT2D eigenvalue weighted by molar-refractivity contribution is 5.78. The molecular formula is C22H36N4O2. The van der Waals surface area contributed by atoms with Crippen LogP contribution in [0.25, 0.3) is 0 Å². The van der Waals surface area contributed by atoms with E-state index in [0.717, 1.165) is 38.0 Å². The van der Waals surface area contributed by atoms with Gasteiger partial charge in [-0.15, -0.1) is 0 Å². The maximum Gasteiger partial charge on any atom is 0.315 e. The van der Waals surface area contributed by atoms with Gasteiger partial charge >= 0.3 is 6.03 Å². The first-order valence-electron chi connectivity index (χ1n) is 10.7. The van der Waals surface area contributed by atoms with Crippen LogP contribution < -0.4 is 16.0 Å². The van der Waals surface area contributed by atoms with E-state index in [-0.39, 0.29) is 24.4 Å². The standard InChI is InChI=1S/C22H36N4O2/c1-3-26(4-2)17-19-11-9-8-10-18(19)16-24-21(27)14-15-23-22(28)25-20-12-6-5-7-13-20/h8-11,20H,3-7,12-17H2,1-2H3,(H,24,27)(H2,23,25,28). The normalized spacial score (nSPS) is 14.7. The van der Waals surface area contributed by atoms with Crippen molar-refractivity contribution >= 4 is 11.9 Å². The minimum absolute atomic E-state index is 0.0457. The van der Waals surface area contributed by atoms with E-state index in [1.165, 1.54) is 24.8 Å². The van der Waals surface area contributed by atoms with E-state index >= 15 is 0 Å². The van der Waals surface area contributed by atoms with Crippen LogP contribution >= 0.6 is 0 Å². The second kappa shape index (κ2) is 12.4. The van der Waals surface area contributed by atoms with Gasteiger partial charge < -0.3 is 16.0 Å². The molecule has 1 aromatic rings. The number of nitrogens with one attached hydrogen (secondary N) is 3. The fourth-order valence-electron chi connectivity index (χ4n) is 3.63. The summed E-state index contributed by atoms with van der Waals surface area (Å²) < 4.78 is 0. The van der Waals surface area contributed by atoms with Crippen LogP contribution in [0.4, 0.5) is 4.79 Å². The number of benzene rings is 1. The number of amides is 3. The Hall–Kier alpha value is -2.08. The minimum Gasteiger partial charge on any atom is -0.352 e. The molecule has 156 valence electrons. The molecule has 28 heavy (non-hydrogen) atoms. The van der Waals surface area contributed by atoms with Gasteiger partial charge in [0.05, 0.1) is 0 Å². The summed E-state index contributed by atoms with van der Waals surface area (Å²) in [5.74, 6) is -0.0457. The molecule has 0 atom stereocenters. The Kier molecular flexibility index (Phi) is 9.83. The van der Waals surface area contributed by atoms with Crippen molar-refractivity contribution in [2.45, 2.75) is 71.5 Å². The Morgan fingerprint density at radius 2 is 1.68 bits per heavy atom. The predicted octanol–water partition coefficient (Wildman–Crippen LogP) is 3.17. The first kappa shape index (κ1) is 22.2. The van der Waals surface area contributed by atoms with Gasteiger partial charge in [0, 0.05) is 32.1 Å². The maximum atomic E-state index is 12.1. The van der Waals surface area contributed by atoms with Gasteiger partial charge in [0.1, 0.15) is 0 Å². The molecule has 1 aromatic carbocycles. The molecule has 6 heteroatoms. The van der Waals surface area contributed by atoms with E-state index in [0.29, 0.717) is 13.1 Å². The molecule has 2 rings (SSSR count). The van der Waals surface area contributed by atoms with Gasteiger partial charge in [0.2, 0.25) is 5.91 Å². The Bertz CT molecular complexity index is 610. The van der Waals surface area contributed by atoms with Crippen LogP contribution in [0.15, 0.2) is 24.3 Å². The lowest BCUT2D eigenvalue weighted by Gasteiger charge is -2.22. The number of carbonyl (C=O) groups is 2. The molecule has 0 unspecified atom stereocenters. The van der Waals surface area contributed by atoms with Gasteiger partial charge in [-0.1, -0.05) is 57.4 Å². The van der Waals surface area contributed by atoms with Crippen molar-refractivity contribution < 1.29 is 9.59 Å². The highest BCUT2D eigenvalue weighted by atomic mass is 16.2. The first-order valence-corrected chi connectivity index (χ1v) is 10.7. The number of nitrogens with zero attached hydrogens (tertiary/aromatic N) is 1. The Morgan fingerprint density at radius 1 is 1.00 bits per heavy atom. The van der Waals surface area contributed by atoms with E-state index in [1.54, 1.807) is 0 Å². The smallest absolute Gasteiger partial charge is 0.315 e. The number of rotatable bonds is 10. The molecule has 1 aliphatic rings. The van der Waals surface area contributed by atoms with Crippen molar-refractivity contribution in [1.82, 2.24) is 20.9 Å².